The molecule has 2 aromatic heterocycles. The fraction of sp³-hybridized carbons (Fsp3) is 0.0952. The number of nitrogens with one attached hydrogen (secondary N) is 1. The van der Waals surface area contributed by atoms with Crippen LogP contribution in [0.4, 0.5) is 0 Å². The Morgan fingerprint density at radius 2 is 1.81 bits per heavy atom. The van der Waals surface area contributed by atoms with E-state index in [1.807, 2.05) is 79.2 Å². The first-order valence-corrected chi connectivity index (χ1v) is 8.36. The third kappa shape index (κ3) is 2.68. The minimum absolute atomic E-state index is 0.486. The summed E-state index contributed by atoms with van der Waals surface area (Å²) in [4.78, 5) is 7.75. The SMILES string of the molecule is Cc1nn(-c2ccccc2)c(C)c1/C=C(/C#N)c1nc2ccccc2[nH]1. The predicted molar refractivity (Wildman–Crippen MR) is 103 cm³/mol. The highest BCUT2D eigenvalue weighted by Gasteiger charge is 2.14. The zero-order valence-corrected chi connectivity index (χ0v) is 14.6. The van der Waals surface area contributed by atoms with E-state index in [0.29, 0.717) is 11.4 Å². The van der Waals surface area contributed by atoms with Gasteiger partial charge in [0.25, 0.3) is 0 Å². The molecule has 4 rings (SSSR count). The number of para-hydroxylation sites is 3. The Balaban J connectivity index is 1.82. The van der Waals surface area contributed by atoms with Crippen molar-refractivity contribution in [2.75, 3.05) is 0 Å². The molecule has 0 aliphatic rings. The summed E-state index contributed by atoms with van der Waals surface area (Å²) in [6.45, 7) is 3.96. The molecule has 5 heteroatoms. The molecule has 0 atom stereocenters. The summed E-state index contributed by atoms with van der Waals surface area (Å²) >= 11 is 0. The molecule has 0 fully saturated rings. The second-order valence-electron chi connectivity index (χ2n) is 6.10. The minimum Gasteiger partial charge on any atom is -0.337 e. The van der Waals surface area contributed by atoms with Crippen molar-refractivity contribution in [1.82, 2.24) is 19.7 Å². The van der Waals surface area contributed by atoms with Gasteiger partial charge in [0.2, 0.25) is 0 Å². The highest BCUT2D eigenvalue weighted by atomic mass is 15.3. The Labute approximate surface area is 151 Å². The smallest absolute Gasteiger partial charge is 0.149 e. The summed E-state index contributed by atoms with van der Waals surface area (Å²) in [7, 11) is 0. The largest absolute Gasteiger partial charge is 0.337 e. The Morgan fingerprint density at radius 1 is 1.08 bits per heavy atom. The van der Waals surface area contributed by atoms with Gasteiger partial charge in [0, 0.05) is 11.3 Å². The molecule has 4 aromatic rings. The van der Waals surface area contributed by atoms with Crippen molar-refractivity contribution in [1.29, 1.82) is 5.26 Å². The number of aromatic nitrogens is 4. The lowest BCUT2D eigenvalue weighted by Gasteiger charge is -2.03. The van der Waals surface area contributed by atoms with Gasteiger partial charge in [0.05, 0.1) is 28.0 Å². The molecule has 0 amide bonds. The average molecular weight is 339 g/mol. The maximum Gasteiger partial charge on any atom is 0.149 e. The van der Waals surface area contributed by atoms with E-state index in [0.717, 1.165) is 33.7 Å². The summed E-state index contributed by atoms with van der Waals surface area (Å²) < 4.78 is 1.90. The summed E-state index contributed by atoms with van der Waals surface area (Å²) in [5, 5.41) is 14.3. The molecule has 1 N–H and O–H groups in total. The molecule has 26 heavy (non-hydrogen) atoms. The topological polar surface area (TPSA) is 70.3 Å². The molecule has 0 bridgehead atoms. The monoisotopic (exact) mass is 339 g/mol. The number of imidazole rings is 1. The average Bonchev–Trinajstić information content (AvgIpc) is 3.22. The van der Waals surface area contributed by atoms with Gasteiger partial charge in [-0.05, 0) is 44.2 Å². The summed E-state index contributed by atoms with van der Waals surface area (Å²) in [5.74, 6) is 0.569. The van der Waals surface area contributed by atoms with Crippen LogP contribution >= 0.6 is 0 Å². The molecule has 5 nitrogen and oxygen atoms in total. The van der Waals surface area contributed by atoms with Crippen molar-refractivity contribution < 1.29 is 0 Å². The van der Waals surface area contributed by atoms with E-state index in [4.69, 9.17) is 0 Å². The van der Waals surface area contributed by atoms with Crippen molar-refractivity contribution in [3.63, 3.8) is 0 Å². The van der Waals surface area contributed by atoms with Crippen LogP contribution < -0.4 is 0 Å². The van der Waals surface area contributed by atoms with Crippen molar-refractivity contribution in [3.05, 3.63) is 77.4 Å². The van der Waals surface area contributed by atoms with E-state index < -0.39 is 0 Å². The van der Waals surface area contributed by atoms with Crippen LogP contribution in [-0.4, -0.2) is 19.7 Å². The van der Waals surface area contributed by atoms with Gasteiger partial charge in [-0.2, -0.15) is 10.4 Å². The van der Waals surface area contributed by atoms with E-state index in [9.17, 15) is 5.26 Å². The fourth-order valence-corrected chi connectivity index (χ4v) is 3.06. The van der Waals surface area contributed by atoms with Crippen LogP contribution in [0.2, 0.25) is 0 Å². The van der Waals surface area contributed by atoms with Crippen LogP contribution in [0.3, 0.4) is 0 Å². The Bertz CT molecular complexity index is 1120. The van der Waals surface area contributed by atoms with Gasteiger partial charge in [-0.25, -0.2) is 9.67 Å². The molecule has 0 saturated heterocycles. The van der Waals surface area contributed by atoms with Crippen molar-refractivity contribution in [3.8, 4) is 11.8 Å². The molecule has 126 valence electrons. The lowest BCUT2D eigenvalue weighted by Crippen LogP contribution is -1.98. The number of nitriles is 1. The normalized spacial score (nSPS) is 11.7. The first-order valence-electron chi connectivity index (χ1n) is 8.36. The third-order valence-electron chi connectivity index (χ3n) is 4.40. The number of allylic oxidation sites excluding steroid dienone is 1. The molecule has 0 radical (unpaired) electrons. The molecule has 0 unspecified atom stereocenters. The van der Waals surface area contributed by atoms with Crippen molar-refractivity contribution in [2.45, 2.75) is 13.8 Å². The molecular weight excluding hydrogens is 322 g/mol. The van der Waals surface area contributed by atoms with Crippen LogP contribution in [0.25, 0.3) is 28.4 Å². The maximum atomic E-state index is 9.67. The second kappa shape index (κ2) is 6.34. The quantitative estimate of drug-likeness (QED) is 0.561. The van der Waals surface area contributed by atoms with Crippen LogP contribution in [0, 0.1) is 25.2 Å². The van der Waals surface area contributed by atoms with Gasteiger partial charge < -0.3 is 4.98 Å². The third-order valence-corrected chi connectivity index (χ3v) is 4.40. The van der Waals surface area contributed by atoms with Gasteiger partial charge in [-0.1, -0.05) is 30.3 Å². The Morgan fingerprint density at radius 3 is 2.54 bits per heavy atom. The summed E-state index contributed by atoms with van der Waals surface area (Å²) in [6, 6.07) is 20.0. The molecule has 0 spiro atoms. The number of hydrogen-bond acceptors (Lipinski definition) is 3. The zero-order chi connectivity index (χ0) is 18.1. The predicted octanol–water partition coefficient (Wildman–Crippen LogP) is 4.43. The van der Waals surface area contributed by atoms with Crippen LogP contribution in [0.1, 0.15) is 22.8 Å². The van der Waals surface area contributed by atoms with Gasteiger partial charge >= 0.3 is 0 Å². The number of benzene rings is 2. The molecule has 0 aliphatic heterocycles. The number of aryl methyl sites for hydroxylation is 1. The number of H-pyrrole nitrogens is 1. The molecule has 2 aromatic carbocycles. The van der Waals surface area contributed by atoms with Crippen molar-refractivity contribution in [2.24, 2.45) is 0 Å². The zero-order valence-electron chi connectivity index (χ0n) is 14.6. The Kier molecular flexibility index (Phi) is 3.86. The first kappa shape index (κ1) is 15.9. The number of fused-ring (bicyclic) bond motifs is 1. The number of aromatic amines is 1. The lowest BCUT2D eigenvalue weighted by atomic mass is 10.1. The summed E-state index contributed by atoms with van der Waals surface area (Å²) in [6.07, 6.45) is 1.86. The van der Waals surface area contributed by atoms with E-state index in [1.54, 1.807) is 0 Å². The molecule has 2 heterocycles. The highest BCUT2D eigenvalue weighted by Crippen LogP contribution is 2.24. The standard InChI is InChI=1S/C21H17N5/c1-14-18(15(2)26(25-14)17-8-4-3-5-9-17)12-16(13-22)21-23-19-10-6-7-11-20(19)24-21/h3-12H,1-2H3,(H,23,24)/b16-12-. The highest BCUT2D eigenvalue weighted by molar-refractivity contribution is 5.91. The van der Waals surface area contributed by atoms with Gasteiger partial charge in [-0.15, -0.1) is 0 Å². The lowest BCUT2D eigenvalue weighted by molar-refractivity contribution is 0.833. The second-order valence-corrected chi connectivity index (χ2v) is 6.10. The van der Waals surface area contributed by atoms with E-state index in [1.165, 1.54) is 0 Å². The minimum atomic E-state index is 0.486. The van der Waals surface area contributed by atoms with Gasteiger partial charge in [0.15, 0.2) is 0 Å². The first-order chi connectivity index (χ1) is 12.7. The van der Waals surface area contributed by atoms with Gasteiger partial charge in [-0.3, -0.25) is 0 Å². The van der Waals surface area contributed by atoms with Crippen LogP contribution in [0.5, 0.6) is 0 Å². The van der Waals surface area contributed by atoms with E-state index in [-0.39, 0.29) is 0 Å². The number of nitrogens with zero attached hydrogens (tertiary/aromatic N) is 4. The van der Waals surface area contributed by atoms with E-state index in [2.05, 4.69) is 21.1 Å². The van der Waals surface area contributed by atoms with Crippen molar-refractivity contribution >= 4 is 22.7 Å². The Hall–Kier alpha value is -3.65. The molecular formula is C21H17N5. The van der Waals surface area contributed by atoms with Crippen LogP contribution in [0.15, 0.2) is 54.6 Å². The molecule has 0 aliphatic carbocycles. The molecule has 0 saturated carbocycles. The van der Waals surface area contributed by atoms with Crippen LogP contribution in [-0.2, 0) is 0 Å². The number of hydrogen-bond donors (Lipinski definition) is 1. The number of rotatable bonds is 3. The van der Waals surface area contributed by atoms with Gasteiger partial charge in [0.1, 0.15) is 11.9 Å². The fourth-order valence-electron chi connectivity index (χ4n) is 3.06. The maximum absolute atomic E-state index is 9.67. The van der Waals surface area contributed by atoms with E-state index >= 15 is 0 Å². The summed E-state index contributed by atoms with van der Waals surface area (Å²) in [5.41, 5.74) is 6.03.